The molecule has 0 saturated heterocycles. The van der Waals surface area contributed by atoms with E-state index in [0.717, 1.165) is 22.4 Å². The van der Waals surface area contributed by atoms with Gasteiger partial charge in [-0.25, -0.2) is 17.8 Å². The molecule has 0 unspecified atom stereocenters. The van der Waals surface area contributed by atoms with Crippen molar-refractivity contribution in [2.45, 2.75) is 32.2 Å². The Hall–Kier alpha value is -3.17. The summed E-state index contributed by atoms with van der Waals surface area (Å²) in [7, 11) is -0.627. The van der Waals surface area contributed by atoms with Crippen molar-refractivity contribution in [3.05, 3.63) is 69.5 Å². The van der Waals surface area contributed by atoms with Crippen LogP contribution in [-0.2, 0) is 16.6 Å². The molecule has 0 aliphatic carbocycles. The molecule has 8 nitrogen and oxygen atoms in total. The quantitative estimate of drug-likeness (QED) is 0.558. The molecule has 1 N–H and O–H groups in total. The molecule has 0 aliphatic rings. The average molecular weight is 458 g/mol. The number of hydrogen-bond donors (Lipinski definition) is 1. The standard InChI is InChI=1S/C23H27N3O5S/c1-15-14-21(16(2)17(3)23(15)31-5)32(28,29)24-12-13-26-22(27)11-10-20(25-26)18-6-8-19(30-4)9-7-18/h6-11,14,24H,12-13H2,1-5H3. The fourth-order valence-electron chi connectivity index (χ4n) is 3.50. The average Bonchev–Trinajstić information content (AvgIpc) is 2.78. The van der Waals surface area contributed by atoms with Gasteiger partial charge in [-0.2, -0.15) is 5.10 Å². The molecule has 0 radical (unpaired) electrons. The van der Waals surface area contributed by atoms with Crippen molar-refractivity contribution in [2.75, 3.05) is 20.8 Å². The first-order valence-corrected chi connectivity index (χ1v) is 11.5. The van der Waals surface area contributed by atoms with E-state index in [2.05, 4.69) is 9.82 Å². The molecule has 0 atom stereocenters. The third-order valence-corrected chi connectivity index (χ3v) is 6.93. The predicted molar refractivity (Wildman–Crippen MR) is 123 cm³/mol. The molecule has 0 fully saturated rings. The van der Waals surface area contributed by atoms with E-state index in [1.54, 1.807) is 40.2 Å². The van der Waals surface area contributed by atoms with Crippen LogP contribution in [0, 0.1) is 20.8 Å². The molecule has 0 amide bonds. The zero-order chi connectivity index (χ0) is 23.5. The van der Waals surface area contributed by atoms with Crippen LogP contribution in [0.25, 0.3) is 11.3 Å². The number of aromatic nitrogens is 2. The van der Waals surface area contributed by atoms with Gasteiger partial charge in [-0.3, -0.25) is 4.79 Å². The Morgan fingerprint density at radius 3 is 2.28 bits per heavy atom. The summed E-state index contributed by atoms with van der Waals surface area (Å²) in [5.74, 6) is 1.39. The van der Waals surface area contributed by atoms with Crippen molar-refractivity contribution >= 4 is 10.0 Å². The molecule has 0 saturated carbocycles. The van der Waals surface area contributed by atoms with Gasteiger partial charge in [-0.05, 0) is 73.9 Å². The molecule has 2 aromatic carbocycles. The largest absolute Gasteiger partial charge is 0.497 e. The van der Waals surface area contributed by atoms with E-state index in [9.17, 15) is 13.2 Å². The number of methoxy groups -OCH3 is 2. The highest BCUT2D eigenvalue weighted by Crippen LogP contribution is 2.30. The fraction of sp³-hybridized carbons (Fsp3) is 0.304. The van der Waals surface area contributed by atoms with Gasteiger partial charge in [0.1, 0.15) is 11.5 Å². The van der Waals surface area contributed by atoms with E-state index < -0.39 is 10.0 Å². The van der Waals surface area contributed by atoms with E-state index in [1.165, 1.54) is 10.7 Å². The lowest BCUT2D eigenvalue weighted by Crippen LogP contribution is -2.32. The maximum Gasteiger partial charge on any atom is 0.266 e. The third-order valence-electron chi connectivity index (χ3n) is 5.34. The van der Waals surface area contributed by atoms with Crippen LogP contribution in [0.5, 0.6) is 11.5 Å². The van der Waals surface area contributed by atoms with Gasteiger partial charge in [0.2, 0.25) is 10.0 Å². The number of sulfonamides is 1. The maximum atomic E-state index is 12.9. The molecular formula is C23H27N3O5S. The van der Waals surface area contributed by atoms with E-state index in [4.69, 9.17) is 9.47 Å². The van der Waals surface area contributed by atoms with Gasteiger partial charge < -0.3 is 9.47 Å². The molecule has 170 valence electrons. The van der Waals surface area contributed by atoms with Crippen LogP contribution in [0.3, 0.4) is 0 Å². The van der Waals surface area contributed by atoms with Gasteiger partial charge >= 0.3 is 0 Å². The van der Waals surface area contributed by atoms with Gasteiger partial charge in [0.25, 0.3) is 5.56 Å². The fourth-order valence-corrected chi connectivity index (χ4v) is 4.91. The van der Waals surface area contributed by atoms with Gasteiger partial charge in [0.15, 0.2) is 0 Å². The monoisotopic (exact) mass is 457 g/mol. The molecule has 9 heteroatoms. The molecule has 1 aromatic heterocycles. The van der Waals surface area contributed by atoms with E-state index in [1.807, 2.05) is 31.2 Å². The van der Waals surface area contributed by atoms with Crippen molar-refractivity contribution in [1.82, 2.24) is 14.5 Å². The van der Waals surface area contributed by atoms with Crippen LogP contribution in [0.15, 0.2) is 52.2 Å². The van der Waals surface area contributed by atoms with Gasteiger partial charge in [-0.1, -0.05) is 0 Å². The van der Waals surface area contributed by atoms with Crippen molar-refractivity contribution in [2.24, 2.45) is 0 Å². The highest BCUT2D eigenvalue weighted by atomic mass is 32.2. The zero-order valence-electron chi connectivity index (χ0n) is 18.8. The van der Waals surface area contributed by atoms with Crippen molar-refractivity contribution < 1.29 is 17.9 Å². The highest BCUT2D eigenvalue weighted by Gasteiger charge is 2.21. The number of nitrogens with zero attached hydrogens (tertiary/aromatic N) is 2. The first-order chi connectivity index (χ1) is 15.2. The Morgan fingerprint density at radius 2 is 1.66 bits per heavy atom. The molecular weight excluding hydrogens is 430 g/mol. The molecule has 32 heavy (non-hydrogen) atoms. The summed E-state index contributed by atoms with van der Waals surface area (Å²) < 4.78 is 40.2. The van der Waals surface area contributed by atoms with Crippen LogP contribution in [0.1, 0.15) is 16.7 Å². The molecule has 0 bridgehead atoms. The number of benzene rings is 2. The topological polar surface area (TPSA) is 99.5 Å². The lowest BCUT2D eigenvalue weighted by Gasteiger charge is -2.16. The number of nitrogens with one attached hydrogen (secondary N) is 1. The minimum absolute atomic E-state index is 0.0187. The molecule has 3 aromatic rings. The van der Waals surface area contributed by atoms with Crippen molar-refractivity contribution in [3.8, 4) is 22.8 Å². The second kappa shape index (κ2) is 9.54. The second-order valence-electron chi connectivity index (χ2n) is 7.38. The minimum Gasteiger partial charge on any atom is -0.497 e. The van der Waals surface area contributed by atoms with E-state index in [-0.39, 0.29) is 23.5 Å². The summed E-state index contributed by atoms with van der Waals surface area (Å²) in [6.07, 6.45) is 0. The number of rotatable bonds is 8. The molecule has 1 heterocycles. The summed E-state index contributed by atoms with van der Waals surface area (Å²) in [6.45, 7) is 5.49. The summed E-state index contributed by atoms with van der Waals surface area (Å²) in [4.78, 5) is 12.4. The first kappa shape index (κ1) is 23.5. The summed E-state index contributed by atoms with van der Waals surface area (Å²) >= 11 is 0. The molecule has 3 rings (SSSR count). The Labute approximate surface area is 187 Å². The van der Waals surface area contributed by atoms with Crippen molar-refractivity contribution in [3.63, 3.8) is 0 Å². The smallest absolute Gasteiger partial charge is 0.266 e. The summed E-state index contributed by atoms with van der Waals surface area (Å²) in [6, 6.07) is 12.0. The van der Waals surface area contributed by atoms with Crippen LogP contribution in [-0.4, -0.2) is 39.0 Å². The SMILES string of the molecule is COc1ccc(-c2ccc(=O)n(CCNS(=O)(=O)c3cc(C)c(OC)c(C)c3C)n2)cc1. The Balaban J connectivity index is 1.78. The number of ether oxygens (including phenoxy) is 2. The normalized spacial score (nSPS) is 11.4. The molecule has 0 aliphatic heterocycles. The lowest BCUT2D eigenvalue weighted by atomic mass is 10.1. The van der Waals surface area contributed by atoms with Crippen LogP contribution < -0.4 is 19.8 Å². The van der Waals surface area contributed by atoms with Gasteiger partial charge in [0, 0.05) is 18.2 Å². The summed E-state index contributed by atoms with van der Waals surface area (Å²) in [5.41, 5.74) is 3.25. The Morgan fingerprint density at radius 1 is 0.969 bits per heavy atom. The van der Waals surface area contributed by atoms with Crippen LogP contribution >= 0.6 is 0 Å². The zero-order valence-corrected chi connectivity index (χ0v) is 19.6. The van der Waals surface area contributed by atoms with E-state index in [0.29, 0.717) is 17.0 Å². The minimum atomic E-state index is -3.78. The van der Waals surface area contributed by atoms with Gasteiger partial charge in [0.05, 0.1) is 31.4 Å². The Kier molecular flexibility index (Phi) is 7.00. The predicted octanol–water partition coefficient (Wildman–Crippen LogP) is 2.83. The number of aryl methyl sites for hydroxylation is 1. The van der Waals surface area contributed by atoms with Crippen LogP contribution in [0.4, 0.5) is 0 Å². The van der Waals surface area contributed by atoms with E-state index >= 15 is 0 Å². The first-order valence-electron chi connectivity index (χ1n) is 10.0. The highest BCUT2D eigenvalue weighted by molar-refractivity contribution is 7.89. The van der Waals surface area contributed by atoms with Crippen LogP contribution in [0.2, 0.25) is 0 Å². The van der Waals surface area contributed by atoms with Gasteiger partial charge in [-0.15, -0.1) is 0 Å². The third kappa shape index (κ3) is 4.84. The summed E-state index contributed by atoms with van der Waals surface area (Å²) in [5, 5.41) is 4.37. The Bertz CT molecular complexity index is 1280. The molecule has 0 spiro atoms. The van der Waals surface area contributed by atoms with Crippen molar-refractivity contribution in [1.29, 1.82) is 0 Å². The maximum absolute atomic E-state index is 12.9. The second-order valence-corrected chi connectivity index (χ2v) is 9.12. The number of hydrogen-bond acceptors (Lipinski definition) is 6. The lowest BCUT2D eigenvalue weighted by molar-refractivity contribution is 0.407.